The van der Waals surface area contributed by atoms with Crippen LogP contribution >= 0.6 is 22.9 Å². The van der Waals surface area contributed by atoms with Crippen LogP contribution in [0.3, 0.4) is 0 Å². The molecule has 3 aromatic rings. The third-order valence-corrected chi connectivity index (χ3v) is 5.24. The van der Waals surface area contributed by atoms with Crippen molar-refractivity contribution in [1.29, 1.82) is 0 Å². The van der Waals surface area contributed by atoms with Gasteiger partial charge in [0.15, 0.2) is 0 Å². The summed E-state index contributed by atoms with van der Waals surface area (Å²) in [5.41, 5.74) is 3.78. The van der Waals surface area contributed by atoms with Crippen molar-refractivity contribution in [3.8, 4) is 0 Å². The van der Waals surface area contributed by atoms with E-state index in [9.17, 15) is 4.79 Å². The van der Waals surface area contributed by atoms with E-state index >= 15 is 0 Å². The van der Waals surface area contributed by atoms with Gasteiger partial charge < -0.3 is 4.90 Å². The predicted molar refractivity (Wildman–Crippen MR) is 102 cm³/mol. The summed E-state index contributed by atoms with van der Waals surface area (Å²) in [6.07, 6.45) is 0. The van der Waals surface area contributed by atoms with Crippen LogP contribution < -0.4 is 4.90 Å². The summed E-state index contributed by atoms with van der Waals surface area (Å²) < 4.78 is 0. The molecular weight excluding hydrogens is 338 g/mol. The van der Waals surface area contributed by atoms with Crippen LogP contribution in [0.1, 0.15) is 26.4 Å². The van der Waals surface area contributed by atoms with E-state index in [0.717, 1.165) is 16.1 Å². The van der Waals surface area contributed by atoms with Crippen molar-refractivity contribution in [3.05, 3.63) is 86.6 Å². The summed E-state index contributed by atoms with van der Waals surface area (Å²) >= 11 is 7.89. The minimum absolute atomic E-state index is 0.0859. The molecule has 4 heteroatoms. The summed E-state index contributed by atoms with van der Waals surface area (Å²) in [6.45, 7) is 4.66. The molecule has 1 heterocycles. The van der Waals surface area contributed by atoms with Crippen LogP contribution in [0.5, 0.6) is 0 Å². The third-order valence-electron chi connectivity index (χ3n) is 4.05. The maximum atomic E-state index is 13.1. The molecule has 0 bridgehead atoms. The molecule has 24 heavy (non-hydrogen) atoms. The van der Waals surface area contributed by atoms with Crippen molar-refractivity contribution < 1.29 is 4.79 Å². The molecule has 0 saturated carbocycles. The van der Waals surface area contributed by atoms with Crippen LogP contribution in [0.15, 0.2) is 60.0 Å². The molecule has 0 unspecified atom stereocenters. The van der Waals surface area contributed by atoms with Gasteiger partial charge in [-0.25, -0.2) is 0 Å². The predicted octanol–water partition coefficient (Wildman–Crippen LogP) is 5.87. The van der Waals surface area contributed by atoms with Gasteiger partial charge in [-0.05, 0) is 60.7 Å². The minimum atomic E-state index is -0.0859. The van der Waals surface area contributed by atoms with Gasteiger partial charge in [0.05, 0.1) is 17.1 Å². The van der Waals surface area contributed by atoms with Gasteiger partial charge in [-0.15, -0.1) is 11.3 Å². The molecule has 0 atom stereocenters. The zero-order valence-electron chi connectivity index (χ0n) is 13.6. The number of amides is 1. The number of thiophene rings is 1. The monoisotopic (exact) mass is 355 g/mol. The lowest BCUT2D eigenvalue weighted by Gasteiger charge is -2.24. The number of anilines is 1. The van der Waals surface area contributed by atoms with Crippen LogP contribution in [0, 0.1) is 13.8 Å². The van der Waals surface area contributed by atoms with Crippen molar-refractivity contribution in [2.24, 2.45) is 0 Å². The van der Waals surface area contributed by atoms with Crippen LogP contribution in [-0.2, 0) is 6.54 Å². The number of carbonyl (C=O) groups is 1. The second-order valence-corrected chi connectivity index (χ2v) is 7.16. The summed E-state index contributed by atoms with van der Waals surface area (Å²) in [5.74, 6) is -0.0859. The molecule has 0 fully saturated rings. The highest BCUT2D eigenvalue weighted by molar-refractivity contribution is 7.09. The van der Waals surface area contributed by atoms with E-state index in [0.29, 0.717) is 17.1 Å². The number of hydrogen-bond donors (Lipinski definition) is 0. The van der Waals surface area contributed by atoms with Crippen LogP contribution in [-0.4, -0.2) is 5.91 Å². The molecule has 0 saturated heterocycles. The Kier molecular flexibility index (Phi) is 5.03. The highest BCUT2D eigenvalue weighted by Gasteiger charge is 2.21. The number of benzene rings is 2. The first kappa shape index (κ1) is 16.7. The van der Waals surface area contributed by atoms with Crippen molar-refractivity contribution in [1.82, 2.24) is 0 Å². The second kappa shape index (κ2) is 7.20. The number of hydrogen-bond acceptors (Lipinski definition) is 2. The molecule has 1 aromatic heterocycles. The molecule has 2 nitrogen and oxygen atoms in total. The summed E-state index contributed by atoms with van der Waals surface area (Å²) in [5, 5.41) is 2.50. The van der Waals surface area contributed by atoms with Crippen molar-refractivity contribution in [2.75, 3.05) is 4.90 Å². The van der Waals surface area contributed by atoms with E-state index in [1.54, 1.807) is 28.4 Å². The van der Waals surface area contributed by atoms with Gasteiger partial charge in [-0.2, -0.15) is 0 Å². The van der Waals surface area contributed by atoms with Crippen molar-refractivity contribution in [3.63, 3.8) is 0 Å². The zero-order chi connectivity index (χ0) is 17.1. The van der Waals surface area contributed by atoms with Gasteiger partial charge in [0.25, 0.3) is 5.91 Å². The minimum Gasteiger partial charge on any atom is -0.303 e. The first-order valence-corrected chi connectivity index (χ1v) is 8.98. The SMILES string of the molecule is Cc1ccc(N(Cc2cccs2)C(=O)c2ccccc2Cl)cc1C. The Labute approximate surface area is 151 Å². The molecule has 0 radical (unpaired) electrons. The van der Waals surface area contributed by atoms with Gasteiger partial charge in [0.1, 0.15) is 0 Å². The molecule has 3 rings (SSSR count). The molecule has 0 aliphatic carbocycles. The molecule has 1 amide bonds. The van der Waals surface area contributed by atoms with E-state index in [1.807, 2.05) is 41.8 Å². The average Bonchev–Trinajstić information content (AvgIpc) is 3.08. The Morgan fingerprint density at radius 3 is 2.50 bits per heavy atom. The molecule has 2 aromatic carbocycles. The lowest BCUT2D eigenvalue weighted by Crippen LogP contribution is -2.30. The second-order valence-electron chi connectivity index (χ2n) is 5.72. The third kappa shape index (κ3) is 3.53. The van der Waals surface area contributed by atoms with Gasteiger partial charge in [-0.1, -0.05) is 35.9 Å². The van der Waals surface area contributed by atoms with Crippen molar-refractivity contribution >= 4 is 34.5 Å². The average molecular weight is 356 g/mol. The Balaban J connectivity index is 2.02. The van der Waals surface area contributed by atoms with Crippen LogP contribution in [0.2, 0.25) is 5.02 Å². The van der Waals surface area contributed by atoms with Gasteiger partial charge >= 0.3 is 0 Å². The van der Waals surface area contributed by atoms with Crippen LogP contribution in [0.25, 0.3) is 0 Å². The van der Waals surface area contributed by atoms with Crippen molar-refractivity contribution in [2.45, 2.75) is 20.4 Å². The van der Waals surface area contributed by atoms with Gasteiger partial charge in [0, 0.05) is 10.6 Å². The van der Waals surface area contributed by atoms with Gasteiger partial charge in [-0.3, -0.25) is 4.79 Å². The van der Waals surface area contributed by atoms with Crippen LogP contribution in [0.4, 0.5) is 5.69 Å². The highest BCUT2D eigenvalue weighted by atomic mass is 35.5. The number of halogens is 1. The Morgan fingerprint density at radius 2 is 1.83 bits per heavy atom. The molecule has 0 aliphatic heterocycles. The number of aryl methyl sites for hydroxylation is 2. The molecule has 0 spiro atoms. The zero-order valence-corrected chi connectivity index (χ0v) is 15.2. The lowest BCUT2D eigenvalue weighted by atomic mass is 10.1. The Bertz CT molecular complexity index is 858. The van der Waals surface area contributed by atoms with E-state index in [2.05, 4.69) is 19.9 Å². The highest BCUT2D eigenvalue weighted by Crippen LogP contribution is 2.26. The standard InChI is InChI=1S/C20H18ClNOS/c1-14-9-10-16(12-15(14)2)22(13-17-6-5-11-24-17)20(23)18-7-3-4-8-19(18)21/h3-12H,13H2,1-2H3. The fraction of sp³-hybridized carbons (Fsp3) is 0.150. The number of rotatable bonds is 4. The van der Waals surface area contributed by atoms with E-state index in [4.69, 9.17) is 11.6 Å². The van der Waals surface area contributed by atoms with Gasteiger partial charge in [0.2, 0.25) is 0 Å². The Morgan fingerprint density at radius 1 is 1.04 bits per heavy atom. The molecular formula is C20H18ClNOS. The van der Waals surface area contributed by atoms with E-state index < -0.39 is 0 Å². The summed E-state index contributed by atoms with van der Waals surface area (Å²) in [6, 6.07) is 17.3. The number of carbonyl (C=O) groups excluding carboxylic acids is 1. The molecule has 0 N–H and O–H groups in total. The topological polar surface area (TPSA) is 20.3 Å². The quantitative estimate of drug-likeness (QED) is 0.573. The van der Waals surface area contributed by atoms with E-state index in [-0.39, 0.29) is 5.91 Å². The molecule has 0 aliphatic rings. The smallest absolute Gasteiger partial charge is 0.260 e. The lowest BCUT2D eigenvalue weighted by molar-refractivity contribution is 0.0985. The fourth-order valence-electron chi connectivity index (χ4n) is 2.51. The first-order chi connectivity index (χ1) is 11.6. The first-order valence-electron chi connectivity index (χ1n) is 7.72. The normalized spacial score (nSPS) is 10.6. The maximum Gasteiger partial charge on any atom is 0.260 e. The number of nitrogens with zero attached hydrogens (tertiary/aromatic N) is 1. The Hall–Kier alpha value is -2.10. The summed E-state index contributed by atoms with van der Waals surface area (Å²) in [7, 11) is 0. The largest absolute Gasteiger partial charge is 0.303 e. The summed E-state index contributed by atoms with van der Waals surface area (Å²) in [4.78, 5) is 16.1. The molecule has 122 valence electrons. The maximum absolute atomic E-state index is 13.1. The van der Waals surface area contributed by atoms with E-state index in [1.165, 1.54) is 5.56 Å². The fourth-order valence-corrected chi connectivity index (χ4v) is 3.42.